The predicted octanol–water partition coefficient (Wildman–Crippen LogP) is 12.2. The first kappa shape index (κ1) is 44.5. The normalized spacial score (nSPS) is 14.3. The lowest BCUT2D eigenvalue weighted by Gasteiger charge is -2.27. The third kappa shape index (κ3) is 12.1. The van der Waals surface area contributed by atoms with Gasteiger partial charge in [-0.3, -0.25) is 19.8 Å². The molecule has 64 heavy (non-hydrogen) atoms. The Hall–Kier alpha value is -6.14. The van der Waals surface area contributed by atoms with Crippen molar-refractivity contribution >= 4 is 28.9 Å². The lowest BCUT2D eigenvalue weighted by atomic mass is 10.0. The molecule has 0 amide bonds. The van der Waals surface area contributed by atoms with E-state index in [4.69, 9.17) is 48.7 Å². The molecule has 6 aromatic rings. The molecule has 0 radical (unpaired) electrons. The second-order valence-electron chi connectivity index (χ2n) is 16.4. The maximum absolute atomic E-state index is 9.37. The van der Waals surface area contributed by atoms with E-state index in [1.807, 2.05) is 48.5 Å². The Balaban J connectivity index is 0.947. The Morgan fingerprint density at radius 2 is 1.02 bits per heavy atom. The van der Waals surface area contributed by atoms with E-state index in [0.29, 0.717) is 57.5 Å². The largest absolute Gasteiger partial charge is 0.488 e. The molecule has 0 unspecified atom stereocenters. The van der Waals surface area contributed by atoms with Gasteiger partial charge in [-0.05, 0) is 116 Å². The lowest BCUT2D eigenvalue weighted by molar-refractivity contribution is 0.214. The zero-order valence-corrected chi connectivity index (χ0v) is 37.3. The summed E-state index contributed by atoms with van der Waals surface area (Å²) in [6.07, 6.45) is 13.7. The molecule has 10 nitrogen and oxygen atoms in total. The summed E-state index contributed by atoms with van der Waals surface area (Å²) >= 11 is 13.8. The Morgan fingerprint density at radius 3 is 1.52 bits per heavy atom. The number of pyridine rings is 2. The van der Waals surface area contributed by atoms with E-state index in [-0.39, 0.29) is 13.2 Å². The fraction of sp³-hybridized carbons (Fsp3) is 0.308. The Labute approximate surface area is 385 Å². The van der Waals surface area contributed by atoms with Gasteiger partial charge in [0, 0.05) is 66.7 Å². The minimum absolute atomic E-state index is 0.260. The van der Waals surface area contributed by atoms with E-state index in [2.05, 4.69) is 54.9 Å². The van der Waals surface area contributed by atoms with Gasteiger partial charge in [-0.25, -0.2) is 4.85 Å². The molecule has 2 aliphatic heterocycles. The highest BCUT2D eigenvalue weighted by Crippen LogP contribution is 2.37. The smallest absolute Gasteiger partial charge is 0.205 e. The van der Waals surface area contributed by atoms with Gasteiger partial charge in [0.15, 0.2) is 0 Å². The Bertz CT molecular complexity index is 2450. The van der Waals surface area contributed by atoms with Crippen molar-refractivity contribution in [3.8, 4) is 40.2 Å². The van der Waals surface area contributed by atoms with Crippen molar-refractivity contribution in [1.82, 2.24) is 19.8 Å². The SMILES string of the molecule is [C-]#[N+]c1cncc(COc2cc(OCc3cccc(-c4cccc(COc5cc(OCc6cncc(C#N)c6)c(CN6CCCCC6)cc5Cl)c4)c3)c(Cl)cc2CN2CCCCC2)c1. The number of piperidine rings is 2. The average Bonchev–Trinajstić information content (AvgIpc) is 3.33. The molecule has 0 aliphatic carbocycles. The van der Waals surface area contributed by atoms with Gasteiger partial charge in [-0.2, -0.15) is 5.26 Å². The molecule has 2 aromatic heterocycles. The van der Waals surface area contributed by atoms with Gasteiger partial charge >= 0.3 is 0 Å². The average molecular weight is 894 g/mol. The second-order valence-corrected chi connectivity index (χ2v) is 17.2. The minimum Gasteiger partial charge on any atom is -0.488 e. The molecule has 0 atom stereocenters. The van der Waals surface area contributed by atoms with Gasteiger partial charge < -0.3 is 18.9 Å². The molecule has 4 heterocycles. The maximum atomic E-state index is 9.37. The molecule has 0 spiro atoms. The van der Waals surface area contributed by atoms with Crippen LogP contribution in [0.15, 0.2) is 110 Å². The molecule has 326 valence electrons. The van der Waals surface area contributed by atoms with Crippen molar-refractivity contribution in [3.05, 3.63) is 170 Å². The number of rotatable bonds is 17. The van der Waals surface area contributed by atoms with Crippen molar-refractivity contribution < 1.29 is 18.9 Å². The van der Waals surface area contributed by atoms with Gasteiger partial charge in [-0.15, -0.1) is 0 Å². The predicted molar refractivity (Wildman–Crippen MR) is 250 cm³/mol. The van der Waals surface area contributed by atoms with Gasteiger partial charge in [-0.1, -0.05) is 72.4 Å². The third-order valence-corrected chi connectivity index (χ3v) is 12.1. The molecule has 0 N–H and O–H groups in total. The van der Waals surface area contributed by atoms with E-state index in [1.54, 1.807) is 36.9 Å². The summed E-state index contributed by atoms with van der Waals surface area (Å²) in [5.41, 5.74) is 8.62. The summed E-state index contributed by atoms with van der Waals surface area (Å²) in [6, 6.07) is 30.0. The summed E-state index contributed by atoms with van der Waals surface area (Å²) in [7, 11) is 0. The molecule has 0 bridgehead atoms. The van der Waals surface area contributed by atoms with Crippen LogP contribution < -0.4 is 18.9 Å². The highest BCUT2D eigenvalue weighted by molar-refractivity contribution is 6.32. The van der Waals surface area contributed by atoms with Crippen molar-refractivity contribution in [1.29, 1.82) is 5.26 Å². The number of likely N-dealkylation sites (tertiary alicyclic amines) is 2. The number of nitrogens with zero attached hydrogens (tertiary/aromatic N) is 6. The van der Waals surface area contributed by atoms with Gasteiger partial charge in [0.05, 0.1) is 22.2 Å². The number of hydrogen-bond donors (Lipinski definition) is 0. The molecular weight excluding hydrogens is 844 g/mol. The summed E-state index contributed by atoms with van der Waals surface area (Å²) in [6.45, 7) is 14.1. The van der Waals surface area contributed by atoms with Crippen molar-refractivity contribution in [2.75, 3.05) is 26.2 Å². The zero-order chi connectivity index (χ0) is 44.1. The molecule has 12 heteroatoms. The molecular formula is C52H50Cl2N6O4. The van der Waals surface area contributed by atoms with Crippen LogP contribution in [0.5, 0.6) is 23.0 Å². The Morgan fingerprint density at radius 1 is 0.547 bits per heavy atom. The molecule has 2 saturated heterocycles. The Kier molecular flexibility index (Phi) is 15.3. The van der Waals surface area contributed by atoms with Gasteiger partial charge in [0.25, 0.3) is 0 Å². The third-order valence-electron chi connectivity index (χ3n) is 11.5. The first-order chi connectivity index (χ1) is 31.4. The van der Waals surface area contributed by atoms with Crippen LogP contribution >= 0.6 is 23.2 Å². The van der Waals surface area contributed by atoms with Gasteiger partial charge in [0.1, 0.15) is 55.5 Å². The fourth-order valence-corrected chi connectivity index (χ4v) is 8.65. The first-order valence-corrected chi connectivity index (χ1v) is 22.6. The topological polar surface area (TPSA) is 97.3 Å². The number of halogens is 2. The van der Waals surface area contributed by atoms with Crippen molar-refractivity contribution in [3.63, 3.8) is 0 Å². The number of benzene rings is 4. The molecule has 2 aliphatic rings. The molecule has 8 rings (SSSR count). The highest BCUT2D eigenvalue weighted by Gasteiger charge is 2.19. The second kappa shape index (κ2) is 22.0. The maximum Gasteiger partial charge on any atom is 0.205 e. The van der Waals surface area contributed by atoms with E-state index in [1.165, 1.54) is 38.5 Å². The van der Waals surface area contributed by atoms with Gasteiger partial charge in [0.2, 0.25) is 5.69 Å². The van der Waals surface area contributed by atoms with Crippen molar-refractivity contribution in [2.24, 2.45) is 0 Å². The van der Waals surface area contributed by atoms with Crippen LogP contribution in [0.1, 0.15) is 77.5 Å². The summed E-state index contributed by atoms with van der Waals surface area (Å²) in [5, 5.41) is 10.4. The summed E-state index contributed by atoms with van der Waals surface area (Å²) in [4.78, 5) is 16.8. The summed E-state index contributed by atoms with van der Waals surface area (Å²) < 4.78 is 25.5. The molecule has 0 saturated carbocycles. The highest BCUT2D eigenvalue weighted by atomic mass is 35.5. The number of nitriles is 1. The lowest BCUT2D eigenvalue weighted by Crippen LogP contribution is -2.29. The van der Waals surface area contributed by atoms with Crippen LogP contribution in [0.25, 0.3) is 16.0 Å². The quantitative estimate of drug-likeness (QED) is 0.0829. The molecule has 2 fully saturated rings. The van der Waals surface area contributed by atoms with Crippen LogP contribution in [0.3, 0.4) is 0 Å². The molecule has 4 aromatic carbocycles. The van der Waals surface area contributed by atoms with Crippen LogP contribution in [-0.4, -0.2) is 45.9 Å². The number of aromatic nitrogens is 2. The van der Waals surface area contributed by atoms with Crippen LogP contribution in [0, 0.1) is 17.9 Å². The standard InChI is InChI=1S/C52H50Cl2N6O4/c1-56-46-21-41(29-58-30-46)36-62-50-25-52(48(54)23-45(50)32-60-16-6-3-7-17-60)64-34-38-11-9-13-43(20-38)42-12-8-10-37(19-42)33-63-51-24-49(61-35-40-18-39(26-55)27-57-28-40)44(22-47(51)53)31-59-14-4-2-5-15-59/h8-13,18-25,27-30H,2-7,14-17,31-36H2. The van der Waals surface area contributed by atoms with Crippen LogP contribution in [0.2, 0.25) is 10.0 Å². The zero-order valence-electron chi connectivity index (χ0n) is 35.8. The van der Waals surface area contributed by atoms with Crippen LogP contribution in [-0.2, 0) is 39.5 Å². The monoisotopic (exact) mass is 892 g/mol. The van der Waals surface area contributed by atoms with E-state index in [0.717, 1.165) is 83.8 Å². The number of ether oxygens (including phenoxy) is 4. The van der Waals surface area contributed by atoms with E-state index in [9.17, 15) is 5.26 Å². The van der Waals surface area contributed by atoms with E-state index < -0.39 is 0 Å². The van der Waals surface area contributed by atoms with Crippen LogP contribution in [0.4, 0.5) is 5.69 Å². The fourth-order valence-electron chi connectivity index (χ4n) is 8.17. The van der Waals surface area contributed by atoms with E-state index >= 15 is 0 Å². The minimum atomic E-state index is 0.260. The van der Waals surface area contributed by atoms with Crippen molar-refractivity contribution in [2.45, 2.75) is 78.0 Å². The summed E-state index contributed by atoms with van der Waals surface area (Å²) in [5.74, 6) is 2.46. The first-order valence-electron chi connectivity index (χ1n) is 21.8. The number of hydrogen-bond acceptors (Lipinski definition) is 9.